The molecule has 1 saturated heterocycles. The fraction of sp³-hybridized carbons (Fsp3) is 0.615. The molecule has 2 N–H and O–H groups in total. The number of carbonyl (C=O) groups is 1. The molecule has 0 bridgehead atoms. The van der Waals surface area contributed by atoms with Crippen LogP contribution in [0.5, 0.6) is 5.88 Å². The molecule has 7 heteroatoms. The zero-order chi connectivity index (χ0) is 14.8. The largest absolute Gasteiger partial charge is 0.481 e. The SMILES string of the molecule is CC(C)Oc1ccnc(NC2COCC2(C)C(=O)O)n1. The van der Waals surface area contributed by atoms with Crippen LogP contribution in [0.2, 0.25) is 0 Å². The maximum absolute atomic E-state index is 11.4. The average molecular weight is 281 g/mol. The summed E-state index contributed by atoms with van der Waals surface area (Å²) in [6, 6.07) is 1.28. The Morgan fingerprint density at radius 2 is 2.40 bits per heavy atom. The molecule has 2 unspecified atom stereocenters. The second-order valence-corrected chi connectivity index (χ2v) is 5.32. The highest BCUT2D eigenvalue weighted by Gasteiger charge is 2.47. The van der Waals surface area contributed by atoms with Crippen molar-refractivity contribution in [1.29, 1.82) is 0 Å². The Bertz CT molecular complexity index is 494. The van der Waals surface area contributed by atoms with Crippen molar-refractivity contribution in [2.75, 3.05) is 18.5 Å². The molecule has 1 aromatic heterocycles. The van der Waals surface area contributed by atoms with Crippen LogP contribution in [-0.4, -0.2) is 46.4 Å². The lowest BCUT2D eigenvalue weighted by molar-refractivity contribution is -0.148. The third-order valence-electron chi connectivity index (χ3n) is 3.23. The van der Waals surface area contributed by atoms with E-state index in [1.54, 1.807) is 19.2 Å². The lowest BCUT2D eigenvalue weighted by Gasteiger charge is -2.25. The molecule has 2 heterocycles. The standard InChI is InChI=1S/C13H19N3O4/c1-8(2)20-10-4-5-14-12(16-10)15-9-6-19-7-13(9,3)11(17)18/h4-5,8-9H,6-7H2,1-3H3,(H,17,18)(H,14,15,16). The van der Waals surface area contributed by atoms with Crippen LogP contribution >= 0.6 is 0 Å². The molecule has 1 aromatic rings. The molecule has 7 nitrogen and oxygen atoms in total. The van der Waals surface area contributed by atoms with Crippen LogP contribution in [0.15, 0.2) is 12.3 Å². The van der Waals surface area contributed by atoms with Crippen molar-refractivity contribution in [1.82, 2.24) is 9.97 Å². The number of aromatic nitrogens is 2. The predicted octanol–water partition coefficient (Wildman–Crippen LogP) is 1.17. The molecule has 2 atom stereocenters. The summed E-state index contributed by atoms with van der Waals surface area (Å²) in [6.07, 6.45) is 1.58. The van der Waals surface area contributed by atoms with Gasteiger partial charge in [0.25, 0.3) is 0 Å². The van der Waals surface area contributed by atoms with Crippen molar-refractivity contribution in [3.05, 3.63) is 12.3 Å². The molecule has 1 fully saturated rings. The highest BCUT2D eigenvalue weighted by Crippen LogP contribution is 2.30. The number of anilines is 1. The van der Waals surface area contributed by atoms with E-state index in [1.807, 2.05) is 13.8 Å². The van der Waals surface area contributed by atoms with Gasteiger partial charge in [-0.25, -0.2) is 4.98 Å². The van der Waals surface area contributed by atoms with E-state index in [4.69, 9.17) is 9.47 Å². The maximum atomic E-state index is 11.4. The van der Waals surface area contributed by atoms with E-state index in [9.17, 15) is 9.90 Å². The summed E-state index contributed by atoms with van der Waals surface area (Å²) in [5.74, 6) is -0.110. The van der Waals surface area contributed by atoms with Gasteiger partial charge in [0.1, 0.15) is 5.41 Å². The lowest BCUT2D eigenvalue weighted by Crippen LogP contribution is -2.43. The summed E-state index contributed by atoms with van der Waals surface area (Å²) >= 11 is 0. The topological polar surface area (TPSA) is 93.6 Å². The van der Waals surface area contributed by atoms with Crippen LogP contribution < -0.4 is 10.1 Å². The van der Waals surface area contributed by atoms with Gasteiger partial charge in [-0.05, 0) is 20.8 Å². The zero-order valence-electron chi connectivity index (χ0n) is 11.8. The first-order chi connectivity index (χ1) is 9.41. The zero-order valence-corrected chi connectivity index (χ0v) is 11.8. The van der Waals surface area contributed by atoms with Crippen LogP contribution in [0, 0.1) is 5.41 Å². The first kappa shape index (κ1) is 14.5. The molecule has 110 valence electrons. The molecule has 20 heavy (non-hydrogen) atoms. The summed E-state index contributed by atoms with van der Waals surface area (Å²) in [6.45, 7) is 5.93. The molecule has 0 aliphatic carbocycles. The Kier molecular flexibility index (Phi) is 4.08. The third kappa shape index (κ3) is 2.98. The van der Waals surface area contributed by atoms with E-state index in [-0.39, 0.29) is 18.8 Å². The lowest BCUT2D eigenvalue weighted by atomic mass is 9.85. The van der Waals surface area contributed by atoms with E-state index < -0.39 is 11.4 Å². The molecular formula is C13H19N3O4. The van der Waals surface area contributed by atoms with Gasteiger partial charge in [-0.1, -0.05) is 0 Å². The quantitative estimate of drug-likeness (QED) is 0.836. The second kappa shape index (κ2) is 5.62. The average Bonchev–Trinajstić information content (AvgIpc) is 2.72. The Morgan fingerprint density at radius 3 is 3.05 bits per heavy atom. The molecule has 2 rings (SSSR count). The number of aliphatic carboxylic acids is 1. The fourth-order valence-electron chi connectivity index (χ4n) is 1.96. The van der Waals surface area contributed by atoms with Crippen LogP contribution in [-0.2, 0) is 9.53 Å². The van der Waals surface area contributed by atoms with Gasteiger partial charge in [0.15, 0.2) is 0 Å². The molecule has 0 amide bonds. The van der Waals surface area contributed by atoms with Crippen molar-refractivity contribution in [2.24, 2.45) is 5.41 Å². The van der Waals surface area contributed by atoms with Crippen molar-refractivity contribution < 1.29 is 19.4 Å². The number of carboxylic acids is 1. The highest BCUT2D eigenvalue weighted by atomic mass is 16.5. The number of ether oxygens (including phenoxy) is 2. The van der Waals surface area contributed by atoms with Crippen molar-refractivity contribution in [2.45, 2.75) is 32.9 Å². The van der Waals surface area contributed by atoms with E-state index in [2.05, 4.69) is 15.3 Å². The Morgan fingerprint density at radius 1 is 1.65 bits per heavy atom. The minimum Gasteiger partial charge on any atom is -0.481 e. The molecule has 0 spiro atoms. The molecule has 0 saturated carbocycles. The third-order valence-corrected chi connectivity index (χ3v) is 3.23. The van der Waals surface area contributed by atoms with Gasteiger partial charge in [0.05, 0.1) is 25.4 Å². The van der Waals surface area contributed by atoms with Crippen LogP contribution in [0.4, 0.5) is 5.95 Å². The second-order valence-electron chi connectivity index (χ2n) is 5.32. The number of hydrogen-bond acceptors (Lipinski definition) is 6. The minimum atomic E-state index is -0.988. The highest BCUT2D eigenvalue weighted by molar-refractivity contribution is 5.76. The van der Waals surface area contributed by atoms with Crippen LogP contribution in [0.1, 0.15) is 20.8 Å². The molecular weight excluding hydrogens is 262 g/mol. The van der Waals surface area contributed by atoms with Gasteiger partial charge < -0.3 is 19.9 Å². The Labute approximate surface area is 117 Å². The van der Waals surface area contributed by atoms with Gasteiger partial charge in [-0.3, -0.25) is 4.79 Å². The number of carboxylic acid groups (broad SMARTS) is 1. The molecule has 1 aliphatic rings. The van der Waals surface area contributed by atoms with Gasteiger partial charge >= 0.3 is 5.97 Å². The van der Waals surface area contributed by atoms with E-state index >= 15 is 0 Å². The van der Waals surface area contributed by atoms with Gasteiger partial charge in [0.2, 0.25) is 11.8 Å². The van der Waals surface area contributed by atoms with E-state index in [0.29, 0.717) is 18.4 Å². The van der Waals surface area contributed by atoms with Crippen LogP contribution in [0.25, 0.3) is 0 Å². The smallest absolute Gasteiger partial charge is 0.313 e. The van der Waals surface area contributed by atoms with Crippen molar-refractivity contribution in [3.8, 4) is 5.88 Å². The Hall–Kier alpha value is -1.89. The number of rotatable bonds is 5. The number of nitrogens with one attached hydrogen (secondary N) is 1. The van der Waals surface area contributed by atoms with Gasteiger partial charge in [0, 0.05) is 12.3 Å². The maximum Gasteiger partial charge on any atom is 0.313 e. The van der Waals surface area contributed by atoms with E-state index in [1.165, 1.54) is 0 Å². The summed E-state index contributed by atoms with van der Waals surface area (Å²) in [7, 11) is 0. The Balaban J connectivity index is 2.11. The number of hydrogen-bond donors (Lipinski definition) is 2. The molecule has 1 aliphatic heterocycles. The normalized spacial score (nSPS) is 25.7. The van der Waals surface area contributed by atoms with Crippen LogP contribution in [0.3, 0.4) is 0 Å². The predicted molar refractivity (Wildman–Crippen MR) is 71.8 cm³/mol. The van der Waals surface area contributed by atoms with Crippen molar-refractivity contribution in [3.63, 3.8) is 0 Å². The first-order valence-electron chi connectivity index (χ1n) is 6.49. The summed E-state index contributed by atoms with van der Waals surface area (Å²) < 4.78 is 10.8. The minimum absolute atomic E-state index is 0.0110. The number of nitrogens with zero attached hydrogens (tertiary/aromatic N) is 2. The first-order valence-corrected chi connectivity index (χ1v) is 6.49. The van der Waals surface area contributed by atoms with Gasteiger partial charge in [-0.15, -0.1) is 0 Å². The fourth-order valence-corrected chi connectivity index (χ4v) is 1.96. The summed E-state index contributed by atoms with van der Waals surface area (Å²) in [5, 5.41) is 12.3. The monoisotopic (exact) mass is 281 g/mol. The van der Waals surface area contributed by atoms with Crippen molar-refractivity contribution >= 4 is 11.9 Å². The summed E-state index contributed by atoms with van der Waals surface area (Å²) in [5.41, 5.74) is -0.988. The van der Waals surface area contributed by atoms with E-state index in [0.717, 1.165) is 0 Å². The summed E-state index contributed by atoms with van der Waals surface area (Å²) in [4.78, 5) is 19.6. The molecule has 0 radical (unpaired) electrons. The van der Waals surface area contributed by atoms with Gasteiger partial charge in [-0.2, -0.15) is 4.98 Å². The molecule has 0 aromatic carbocycles.